The van der Waals surface area contributed by atoms with Gasteiger partial charge < -0.3 is 14.8 Å². The third kappa shape index (κ3) is 4.36. The largest absolute Gasteiger partial charge is 0.382 e. The number of hydrogen-bond donors (Lipinski definition) is 1. The van der Waals surface area contributed by atoms with Crippen molar-refractivity contribution in [2.75, 3.05) is 25.1 Å². The van der Waals surface area contributed by atoms with E-state index in [4.69, 9.17) is 9.47 Å². The molecule has 0 amide bonds. The van der Waals surface area contributed by atoms with Crippen LogP contribution in [0.4, 0.5) is 5.69 Å². The van der Waals surface area contributed by atoms with Gasteiger partial charge in [-0.3, -0.25) is 0 Å². The van der Waals surface area contributed by atoms with Crippen LogP contribution >= 0.6 is 0 Å². The molecule has 1 aliphatic heterocycles. The molecule has 3 nitrogen and oxygen atoms in total. The van der Waals surface area contributed by atoms with Crippen LogP contribution in [0.1, 0.15) is 19.8 Å². The Kier molecular flexibility index (Phi) is 4.83. The molecular weight excluding hydrogens is 214 g/mol. The molecule has 1 fully saturated rings. The summed E-state index contributed by atoms with van der Waals surface area (Å²) in [6, 6.07) is 10.2. The molecule has 3 heteroatoms. The maximum atomic E-state index is 5.76. The maximum absolute atomic E-state index is 5.76. The smallest absolute Gasteiger partial charge is 0.0809 e. The molecule has 1 N–H and O–H groups in total. The Balaban J connectivity index is 1.62. The van der Waals surface area contributed by atoms with Crippen LogP contribution in [0.25, 0.3) is 0 Å². The molecule has 2 atom stereocenters. The van der Waals surface area contributed by atoms with E-state index in [9.17, 15) is 0 Å². The molecule has 17 heavy (non-hydrogen) atoms. The predicted molar refractivity (Wildman–Crippen MR) is 69.3 cm³/mol. The average Bonchev–Trinajstić information content (AvgIpc) is 2.88. The number of rotatable bonds is 6. The van der Waals surface area contributed by atoms with Gasteiger partial charge in [0.05, 0.1) is 18.8 Å². The summed E-state index contributed by atoms with van der Waals surface area (Å²) < 4.78 is 11.3. The van der Waals surface area contributed by atoms with E-state index in [0.717, 1.165) is 31.9 Å². The molecule has 1 aromatic carbocycles. The molecule has 94 valence electrons. The van der Waals surface area contributed by atoms with Crippen molar-refractivity contribution < 1.29 is 9.47 Å². The SMILES string of the molecule is CC(CNc1ccccc1)OCC1CCCO1. The number of hydrogen-bond acceptors (Lipinski definition) is 3. The van der Waals surface area contributed by atoms with Gasteiger partial charge in [-0.15, -0.1) is 0 Å². The minimum Gasteiger partial charge on any atom is -0.382 e. The van der Waals surface area contributed by atoms with E-state index in [-0.39, 0.29) is 6.10 Å². The minimum absolute atomic E-state index is 0.208. The molecule has 1 saturated heterocycles. The molecule has 0 spiro atoms. The second-order valence-corrected chi connectivity index (χ2v) is 4.53. The second-order valence-electron chi connectivity index (χ2n) is 4.53. The highest BCUT2D eigenvalue weighted by Gasteiger charge is 2.16. The summed E-state index contributed by atoms with van der Waals surface area (Å²) in [4.78, 5) is 0. The van der Waals surface area contributed by atoms with E-state index >= 15 is 0 Å². The van der Waals surface area contributed by atoms with Crippen LogP contribution in [-0.2, 0) is 9.47 Å². The van der Waals surface area contributed by atoms with E-state index in [0.29, 0.717) is 6.10 Å². The van der Waals surface area contributed by atoms with Gasteiger partial charge in [0.1, 0.15) is 0 Å². The quantitative estimate of drug-likeness (QED) is 0.822. The van der Waals surface area contributed by atoms with Crippen LogP contribution in [0.3, 0.4) is 0 Å². The highest BCUT2D eigenvalue weighted by Crippen LogP contribution is 2.13. The molecule has 0 bridgehead atoms. The van der Waals surface area contributed by atoms with E-state index in [2.05, 4.69) is 24.4 Å². The van der Waals surface area contributed by atoms with Crippen molar-refractivity contribution in [3.05, 3.63) is 30.3 Å². The fraction of sp³-hybridized carbons (Fsp3) is 0.571. The summed E-state index contributed by atoms with van der Waals surface area (Å²) in [6.07, 6.45) is 2.83. The van der Waals surface area contributed by atoms with Gasteiger partial charge in [0.25, 0.3) is 0 Å². The molecule has 0 radical (unpaired) electrons. The number of para-hydroxylation sites is 1. The molecule has 0 saturated carbocycles. The summed E-state index contributed by atoms with van der Waals surface area (Å²) in [5.41, 5.74) is 1.14. The molecular formula is C14H21NO2. The Morgan fingerprint density at radius 3 is 2.94 bits per heavy atom. The van der Waals surface area contributed by atoms with Crippen molar-refractivity contribution in [1.29, 1.82) is 0 Å². The molecule has 2 unspecified atom stereocenters. The van der Waals surface area contributed by atoms with Gasteiger partial charge in [0, 0.05) is 18.8 Å². The van der Waals surface area contributed by atoms with E-state index < -0.39 is 0 Å². The zero-order valence-electron chi connectivity index (χ0n) is 10.4. The van der Waals surface area contributed by atoms with Gasteiger partial charge in [-0.1, -0.05) is 18.2 Å². The topological polar surface area (TPSA) is 30.5 Å². The van der Waals surface area contributed by atoms with Crippen LogP contribution in [-0.4, -0.2) is 32.0 Å². The minimum atomic E-state index is 0.208. The first-order valence-electron chi connectivity index (χ1n) is 6.37. The molecule has 1 heterocycles. The fourth-order valence-corrected chi connectivity index (χ4v) is 1.92. The van der Waals surface area contributed by atoms with Crippen molar-refractivity contribution >= 4 is 5.69 Å². The van der Waals surface area contributed by atoms with Crippen molar-refractivity contribution in [2.24, 2.45) is 0 Å². The van der Waals surface area contributed by atoms with Crippen molar-refractivity contribution in [1.82, 2.24) is 0 Å². The Bertz CT molecular complexity index is 309. The lowest BCUT2D eigenvalue weighted by molar-refractivity contribution is -0.00938. The first-order valence-corrected chi connectivity index (χ1v) is 6.37. The Hall–Kier alpha value is -1.06. The summed E-state index contributed by atoms with van der Waals surface area (Å²) in [7, 11) is 0. The summed E-state index contributed by atoms with van der Waals surface area (Å²) >= 11 is 0. The number of benzene rings is 1. The molecule has 1 aromatic rings. The first kappa shape index (κ1) is 12.4. The van der Waals surface area contributed by atoms with Gasteiger partial charge >= 0.3 is 0 Å². The van der Waals surface area contributed by atoms with Crippen LogP contribution in [0.5, 0.6) is 0 Å². The van der Waals surface area contributed by atoms with Gasteiger partial charge in [-0.2, -0.15) is 0 Å². The lowest BCUT2D eigenvalue weighted by Crippen LogP contribution is -2.24. The summed E-state index contributed by atoms with van der Waals surface area (Å²) in [6.45, 7) is 4.53. The maximum Gasteiger partial charge on any atom is 0.0809 e. The summed E-state index contributed by atoms with van der Waals surface area (Å²) in [5, 5.41) is 3.35. The molecule has 0 aromatic heterocycles. The fourth-order valence-electron chi connectivity index (χ4n) is 1.92. The zero-order valence-corrected chi connectivity index (χ0v) is 10.4. The van der Waals surface area contributed by atoms with Crippen molar-refractivity contribution in [3.8, 4) is 0 Å². The number of anilines is 1. The van der Waals surface area contributed by atoms with Crippen molar-refractivity contribution in [2.45, 2.75) is 32.0 Å². The Labute approximate surface area is 103 Å². The van der Waals surface area contributed by atoms with Crippen molar-refractivity contribution in [3.63, 3.8) is 0 Å². The monoisotopic (exact) mass is 235 g/mol. The molecule has 0 aliphatic carbocycles. The molecule has 1 aliphatic rings. The number of ether oxygens (including phenoxy) is 2. The van der Waals surface area contributed by atoms with E-state index in [1.165, 1.54) is 6.42 Å². The second kappa shape index (κ2) is 6.62. The first-order chi connectivity index (χ1) is 8.34. The lowest BCUT2D eigenvalue weighted by Gasteiger charge is -2.17. The third-order valence-corrected chi connectivity index (χ3v) is 2.96. The number of nitrogens with one attached hydrogen (secondary N) is 1. The zero-order chi connectivity index (χ0) is 11.9. The van der Waals surface area contributed by atoms with Gasteiger partial charge in [0.15, 0.2) is 0 Å². The van der Waals surface area contributed by atoms with Gasteiger partial charge in [-0.25, -0.2) is 0 Å². The van der Waals surface area contributed by atoms with Crippen LogP contribution in [0.2, 0.25) is 0 Å². The predicted octanol–water partition coefficient (Wildman–Crippen LogP) is 2.68. The van der Waals surface area contributed by atoms with E-state index in [1.54, 1.807) is 0 Å². The van der Waals surface area contributed by atoms with Crippen LogP contribution < -0.4 is 5.32 Å². The Morgan fingerprint density at radius 1 is 1.41 bits per heavy atom. The molecule has 2 rings (SSSR count). The third-order valence-electron chi connectivity index (χ3n) is 2.96. The van der Waals surface area contributed by atoms with Gasteiger partial charge in [-0.05, 0) is 31.9 Å². The van der Waals surface area contributed by atoms with E-state index in [1.807, 2.05) is 18.2 Å². The Morgan fingerprint density at radius 2 is 2.24 bits per heavy atom. The average molecular weight is 235 g/mol. The van der Waals surface area contributed by atoms with Crippen LogP contribution in [0, 0.1) is 0 Å². The summed E-state index contributed by atoms with van der Waals surface area (Å²) in [5.74, 6) is 0. The highest BCUT2D eigenvalue weighted by atomic mass is 16.5. The highest BCUT2D eigenvalue weighted by molar-refractivity contribution is 5.42. The van der Waals surface area contributed by atoms with Gasteiger partial charge in [0.2, 0.25) is 0 Å². The standard InChI is InChI=1S/C14H21NO2/c1-12(17-11-14-8-5-9-16-14)10-15-13-6-3-2-4-7-13/h2-4,6-7,12,14-15H,5,8-11H2,1H3. The lowest BCUT2D eigenvalue weighted by atomic mass is 10.2. The normalized spacial score (nSPS) is 21.4. The van der Waals surface area contributed by atoms with Crippen LogP contribution in [0.15, 0.2) is 30.3 Å².